The fraction of sp³-hybridized carbons (Fsp3) is 0.588. The average Bonchev–Trinajstić information content (AvgIpc) is 2.64. The number of hydrogen-bond acceptors (Lipinski definition) is 6. The van der Waals surface area contributed by atoms with Crippen LogP contribution in [-0.2, 0) is 14.8 Å². The van der Waals surface area contributed by atoms with Gasteiger partial charge in [-0.15, -0.1) is 0 Å². The molecule has 1 aromatic rings. The van der Waals surface area contributed by atoms with Crippen molar-refractivity contribution in [1.82, 2.24) is 9.21 Å². The second-order valence-corrected chi connectivity index (χ2v) is 8.65. The van der Waals surface area contributed by atoms with Crippen molar-refractivity contribution in [3.63, 3.8) is 0 Å². The Morgan fingerprint density at radius 3 is 2.44 bits per heavy atom. The molecule has 0 amide bonds. The van der Waals surface area contributed by atoms with Gasteiger partial charge in [-0.1, -0.05) is 11.6 Å². The Morgan fingerprint density at radius 1 is 1.37 bits per heavy atom. The summed E-state index contributed by atoms with van der Waals surface area (Å²) < 4.78 is 31.9. The smallest absolute Gasteiger partial charge is 0.290 e. The number of aliphatic hydroxyl groups excluding tert-OH is 1. The van der Waals surface area contributed by atoms with Gasteiger partial charge in [0.15, 0.2) is 0 Å². The van der Waals surface area contributed by atoms with Crippen molar-refractivity contribution in [2.24, 2.45) is 5.92 Å². The van der Waals surface area contributed by atoms with E-state index >= 15 is 0 Å². The van der Waals surface area contributed by atoms with Gasteiger partial charge in [0.1, 0.15) is 5.75 Å². The first-order chi connectivity index (χ1) is 12.8. The minimum Gasteiger partial charge on any atom is -0.495 e. The molecule has 1 aliphatic rings. The van der Waals surface area contributed by atoms with Crippen LogP contribution in [0.15, 0.2) is 23.1 Å². The molecule has 1 aromatic carbocycles. The summed E-state index contributed by atoms with van der Waals surface area (Å²) in [6, 6.07) is 4.51. The first-order valence-electron chi connectivity index (χ1n) is 8.51. The highest BCUT2D eigenvalue weighted by Crippen LogP contribution is 2.29. The number of benzene rings is 1. The predicted octanol–water partition coefficient (Wildman–Crippen LogP) is 1.37. The van der Waals surface area contributed by atoms with Gasteiger partial charge < -0.3 is 19.8 Å². The van der Waals surface area contributed by atoms with Crippen molar-refractivity contribution in [1.29, 1.82) is 0 Å². The van der Waals surface area contributed by atoms with Crippen LogP contribution in [0.25, 0.3) is 0 Å². The molecule has 0 spiro atoms. The van der Waals surface area contributed by atoms with E-state index in [0.29, 0.717) is 24.8 Å². The molecular formula is C17H27ClN2O6S. The molecule has 2 N–H and O–H groups in total. The summed E-state index contributed by atoms with van der Waals surface area (Å²) >= 11 is 6.04. The lowest BCUT2D eigenvalue weighted by molar-refractivity contribution is -0.122. The predicted molar refractivity (Wildman–Crippen MR) is 103 cm³/mol. The number of carboxylic acid groups (broad SMARTS) is 1. The highest BCUT2D eigenvalue weighted by Gasteiger charge is 2.26. The number of piperidine rings is 1. The van der Waals surface area contributed by atoms with Crippen LogP contribution in [0.5, 0.6) is 5.75 Å². The molecule has 8 nitrogen and oxygen atoms in total. The number of likely N-dealkylation sites (tertiary alicyclic amines) is 1. The number of nitrogens with zero attached hydrogens (tertiary/aromatic N) is 2. The second-order valence-electron chi connectivity index (χ2n) is 6.20. The molecule has 27 heavy (non-hydrogen) atoms. The molecule has 1 heterocycles. The van der Waals surface area contributed by atoms with Gasteiger partial charge in [0, 0.05) is 20.1 Å². The summed E-state index contributed by atoms with van der Waals surface area (Å²) in [5, 5.41) is 16.1. The van der Waals surface area contributed by atoms with Crippen molar-refractivity contribution in [3.05, 3.63) is 23.2 Å². The Morgan fingerprint density at radius 2 is 1.96 bits per heavy atom. The van der Waals surface area contributed by atoms with Gasteiger partial charge in [-0.05, 0) is 50.0 Å². The zero-order valence-electron chi connectivity index (χ0n) is 15.5. The van der Waals surface area contributed by atoms with Crippen LogP contribution >= 0.6 is 11.6 Å². The average molecular weight is 423 g/mol. The summed E-state index contributed by atoms with van der Waals surface area (Å²) in [6.45, 7) is 2.88. The third kappa shape index (κ3) is 6.93. The molecule has 0 bridgehead atoms. The molecule has 0 aliphatic carbocycles. The largest absolute Gasteiger partial charge is 0.495 e. The third-order valence-corrected chi connectivity index (χ3v) is 6.58. The Hall–Kier alpha value is -1.39. The molecule has 1 aliphatic heterocycles. The first-order valence-corrected chi connectivity index (χ1v) is 10.3. The second kappa shape index (κ2) is 11.5. The maximum absolute atomic E-state index is 12.7. The van der Waals surface area contributed by atoms with Crippen molar-refractivity contribution in [2.45, 2.75) is 17.7 Å². The van der Waals surface area contributed by atoms with Crippen LogP contribution in [-0.4, -0.2) is 81.3 Å². The van der Waals surface area contributed by atoms with E-state index in [0.717, 1.165) is 25.9 Å². The maximum atomic E-state index is 12.7. The highest BCUT2D eigenvalue weighted by atomic mass is 35.5. The lowest BCUT2D eigenvalue weighted by Crippen LogP contribution is -2.40. The van der Waals surface area contributed by atoms with E-state index in [1.54, 1.807) is 13.1 Å². The molecule has 154 valence electrons. The fourth-order valence-electron chi connectivity index (χ4n) is 2.98. The fourth-order valence-corrected chi connectivity index (χ4v) is 4.58. The van der Waals surface area contributed by atoms with Gasteiger partial charge in [-0.25, -0.2) is 12.7 Å². The number of halogens is 1. The first kappa shape index (κ1) is 23.6. The van der Waals surface area contributed by atoms with Crippen LogP contribution in [0, 0.1) is 5.92 Å². The van der Waals surface area contributed by atoms with Crippen molar-refractivity contribution >= 4 is 28.1 Å². The van der Waals surface area contributed by atoms with Gasteiger partial charge in [0.25, 0.3) is 6.47 Å². The molecule has 0 aromatic heterocycles. The van der Waals surface area contributed by atoms with Gasteiger partial charge in [0.05, 0.1) is 23.6 Å². The van der Waals surface area contributed by atoms with E-state index in [9.17, 15) is 8.42 Å². The van der Waals surface area contributed by atoms with E-state index < -0.39 is 10.0 Å². The van der Waals surface area contributed by atoms with E-state index in [2.05, 4.69) is 4.90 Å². The molecule has 0 radical (unpaired) electrons. The van der Waals surface area contributed by atoms with E-state index in [1.807, 2.05) is 0 Å². The van der Waals surface area contributed by atoms with E-state index in [-0.39, 0.29) is 23.0 Å². The Bertz CT molecular complexity index is 693. The Kier molecular flexibility index (Phi) is 10.0. The molecule has 10 heteroatoms. The molecule has 0 atom stereocenters. The zero-order valence-corrected chi connectivity index (χ0v) is 17.1. The van der Waals surface area contributed by atoms with Gasteiger partial charge in [-0.2, -0.15) is 0 Å². The van der Waals surface area contributed by atoms with Crippen LogP contribution in [0.1, 0.15) is 12.8 Å². The van der Waals surface area contributed by atoms with E-state index in [1.165, 1.54) is 23.5 Å². The SMILES string of the molecule is COc1ccc(S(=O)(=O)N(C)CC2CCN(CCO)CC2)cc1Cl.O=CO. The number of ether oxygens (including phenoxy) is 1. The minimum atomic E-state index is -3.57. The molecule has 1 fully saturated rings. The van der Waals surface area contributed by atoms with Crippen LogP contribution in [0.4, 0.5) is 0 Å². The number of rotatable bonds is 7. The number of methoxy groups -OCH3 is 1. The molecule has 2 rings (SSSR count). The summed E-state index contributed by atoms with van der Waals surface area (Å²) in [6.07, 6.45) is 1.87. The lowest BCUT2D eigenvalue weighted by atomic mass is 9.97. The zero-order chi connectivity index (χ0) is 20.4. The topological polar surface area (TPSA) is 107 Å². The van der Waals surface area contributed by atoms with Crippen LogP contribution in [0.2, 0.25) is 5.02 Å². The summed E-state index contributed by atoms with van der Waals surface area (Å²) in [5.41, 5.74) is 0. The standard InChI is InChI=1S/C16H25ClN2O4S.CH2O2/c1-18(12-13-5-7-19(8-6-13)9-10-20)24(21,22)14-3-4-16(23-2)15(17)11-14;2-1-3/h3-4,11,13,20H,5-10,12H2,1-2H3;1H,(H,2,3). The summed E-state index contributed by atoms with van der Waals surface area (Å²) in [7, 11) is -0.474. The minimum absolute atomic E-state index is 0.164. The maximum Gasteiger partial charge on any atom is 0.290 e. The monoisotopic (exact) mass is 422 g/mol. The van der Waals surface area contributed by atoms with Crippen molar-refractivity contribution in [2.75, 3.05) is 46.9 Å². The number of sulfonamides is 1. The third-order valence-electron chi connectivity index (χ3n) is 4.47. The number of aliphatic hydroxyl groups is 1. The molecule has 0 saturated carbocycles. The van der Waals surface area contributed by atoms with Crippen LogP contribution in [0.3, 0.4) is 0 Å². The summed E-state index contributed by atoms with van der Waals surface area (Å²) in [5.74, 6) is 0.781. The Balaban J connectivity index is 0.00000114. The molecule has 0 unspecified atom stereocenters. The van der Waals surface area contributed by atoms with Crippen molar-refractivity contribution in [3.8, 4) is 5.75 Å². The normalized spacial score (nSPS) is 15.9. The van der Waals surface area contributed by atoms with Crippen LogP contribution < -0.4 is 4.74 Å². The van der Waals surface area contributed by atoms with Gasteiger partial charge >= 0.3 is 0 Å². The Labute approximate surface area is 165 Å². The van der Waals surface area contributed by atoms with Gasteiger partial charge in [0.2, 0.25) is 10.0 Å². The number of β-amino-alcohol motifs (C(OH)–C–C–N with tert-alkyl or cyclic N) is 1. The molecule has 1 saturated heterocycles. The van der Waals surface area contributed by atoms with E-state index in [4.69, 9.17) is 31.3 Å². The number of hydrogen-bond donors (Lipinski definition) is 2. The number of carbonyl (C=O) groups is 1. The van der Waals surface area contributed by atoms with Crippen molar-refractivity contribution < 1.29 is 28.2 Å². The lowest BCUT2D eigenvalue weighted by Gasteiger charge is -2.33. The quantitative estimate of drug-likeness (QED) is 0.639. The summed E-state index contributed by atoms with van der Waals surface area (Å²) in [4.78, 5) is 10.7. The van der Waals surface area contributed by atoms with Gasteiger partial charge in [-0.3, -0.25) is 4.79 Å². The highest BCUT2D eigenvalue weighted by molar-refractivity contribution is 7.89. The molecular weight excluding hydrogens is 396 g/mol.